The van der Waals surface area contributed by atoms with Crippen molar-refractivity contribution in [3.8, 4) is 89.6 Å². The van der Waals surface area contributed by atoms with E-state index >= 15 is 0 Å². The summed E-state index contributed by atoms with van der Waals surface area (Å²) in [7, 11) is 0. The van der Waals surface area contributed by atoms with Gasteiger partial charge in [-0.05, 0) is 223 Å². The standard InChI is InChI=1S/C110H102BN5/c1-105(2,3)80-47-44-70(45-48-80)75-46-51-98-95(62-75)111-94-50-49-87(114-96-42-28-26-40-88(96)89-41-27-29-43-97(89)114)67-99(94)116(104-91(72-35-24-21-25-36-72)59-77(74-38-31-39-86(57-74)113-19)61-93(104)79-55-83(108(10,11)12)64-84(56-79)109(13,14)15)101-66-85(110(16,17)18)65-100(102(101)111)115(98)103-90(71-33-22-20-23-34-71)58-76(73-37-30-32-69(52-73)68-112)60-92(103)78-53-81(106(4,5)6)63-82(54-78)107(7,8)9/h20-67H,1-18H3. The molecule has 17 rings (SSSR count). The predicted molar refractivity (Wildman–Crippen MR) is 496 cm³/mol. The molecular weight excluding hydrogens is 1400 g/mol. The zero-order valence-electron chi connectivity index (χ0n) is 70.5. The van der Waals surface area contributed by atoms with E-state index in [1.54, 1.807) is 0 Å². The van der Waals surface area contributed by atoms with E-state index < -0.39 is 5.41 Å². The van der Waals surface area contributed by atoms with E-state index in [4.69, 9.17) is 6.57 Å². The Kier molecular flexibility index (Phi) is 18.5. The van der Waals surface area contributed by atoms with E-state index in [1.807, 2.05) is 24.3 Å². The number of fused-ring (bicyclic) bond motifs is 7. The summed E-state index contributed by atoms with van der Waals surface area (Å²) in [6, 6.07) is 113. The molecule has 2 aliphatic heterocycles. The average molecular weight is 1500 g/mol. The molecule has 0 bridgehead atoms. The van der Waals surface area contributed by atoms with E-state index in [1.165, 1.54) is 60.5 Å². The van der Waals surface area contributed by atoms with Crippen molar-refractivity contribution in [2.24, 2.45) is 0 Å². The summed E-state index contributed by atoms with van der Waals surface area (Å²) in [4.78, 5) is 9.48. The van der Waals surface area contributed by atoms with E-state index in [2.05, 4.69) is 417 Å². The Morgan fingerprint density at radius 2 is 0.698 bits per heavy atom. The second-order valence-electron chi connectivity index (χ2n) is 38.5. The molecule has 5 nitrogen and oxygen atoms in total. The number of benzene rings is 14. The number of nitriles is 1. The SMILES string of the molecule is [C-]#[N+]c1cccc(-c2cc(-c3ccccc3)c(N3c4cc(-n5c6ccccc6c6ccccc65)ccc4B4c5cc(-c6ccc(C(C)(C)C)cc6)ccc5N(c5c(-c6ccccc6)cc(-c6cccc(C#N)c6)cc5-c5cc(C(C)(C)C)cc(C(C)(C)C)c5)c5cc(C(C)(C)C)cc3c54)c(-c3cc(C(C)(C)C)cc(C(C)(C)C)c3)c2)c1. The predicted octanol–water partition coefficient (Wildman–Crippen LogP) is 28.7. The van der Waals surface area contributed by atoms with Crippen LogP contribution in [0.1, 0.15) is 164 Å². The minimum absolute atomic E-state index is 0.0483. The van der Waals surface area contributed by atoms with Crippen LogP contribution in [0.4, 0.5) is 39.8 Å². The lowest BCUT2D eigenvalue weighted by Gasteiger charge is -2.46. The lowest BCUT2D eigenvalue weighted by atomic mass is 9.33. The van der Waals surface area contributed by atoms with Gasteiger partial charge in [-0.2, -0.15) is 5.26 Å². The van der Waals surface area contributed by atoms with Crippen molar-refractivity contribution in [1.82, 2.24) is 4.57 Å². The van der Waals surface area contributed by atoms with Gasteiger partial charge in [0, 0.05) is 61.5 Å². The molecule has 0 unspecified atom stereocenters. The molecular formula is C110H102BN5. The molecule has 0 radical (unpaired) electrons. The summed E-state index contributed by atoms with van der Waals surface area (Å²) in [6.07, 6.45) is 0. The summed E-state index contributed by atoms with van der Waals surface area (Å²) in [5.74, 6) is 0. The van der Waals surface area contributed by atoms with Crippen LogP contribution in [0.3, 0.4) is 0 Å². The highest BCUT2D eigenvalue weighted by Crippen LogP contribution is 2.57. The Bertz CT molecular complexity index is 6410. The summed E-state index contributed by atoms with van der Waals surface area (Å²) in [5, 5.41) is 13.1. The zero-order valence-corrected chi connectivity index (χ0v) is 70.5. The number of hydrogen-bond acceptors (Lipinski definition) is 3. The van der Waals surface area contributed by atoms with Gasteiger partial charge in [0.25, 0.3) is 6.71 Å². The van der Waals surface area contributed by atoms with Gasteiger partial charge in [0.1, 0.15) is 0 Å². The molecule has 1 aromatic heterocycles. The zero-order chi connectivity index (χ0) is 81.4. The van der Waals surface area contributed by atoms with Crippen molar-refractivity contribution in [2.45, 2.75) is 157 Å². The first kappa shape index (κ1) is 76.2. The van der Waals surface area contributed by atoms with Gasteiger partial charge in [-0.1, -0.05) is 331 Å². The fourth-order valence-electron chi connectivity index (χ4n) is 17.6. The Morgan fingerprint density at radius 1 is 0.293 bits per heavy atom. The third-order valence-corrected chi connectivity index (χ3v) is 24.3. The molecule has 0 N–H and O–H groups in total. The van der Waals surface area contributed by atoms with Gasteiger partial charge in [0.15, 0.2) is 5.69 Å². The fourth-order valence-corrected chi connectivity index (χ4v) is 17.6. The lowest BCUT2D eigenvalue weighted by Crippen LogP contribution is -2.61. The van der Waals surface area contributed by atoms with Crippen LogP contribution in [0.5, 0.6) is 0 Å². The molecule has 0 saturated carbocycles. The average Bonchev–Trinajstić information content (AvgIpc) is 0.751. The number of nitrogens with zero attached hydrogens (tertiary/aromatic N) is 5. The molecule has 0 spiro atoms. The largest absolute Gasteiger partial charge is 0.310 e. The van der Waals surface area contributed by atoms with E-state index in [0.717, 1.165) is 129 Å². The number of hydrogen-bond donors (Lipinski definition) is 0. The maximum Gasteiger partial charge on any atom is 0.252 e. The maximum atomic E-state index is 10.7. The molecule has 6 heteroatoms. The molecule has 570 valence electrons. The molecule has 2 aliphatic rings. The quantitative estimate of drug-likeness (QED) is 0.101. The fraction of sp³-hybridized carbons (Fsp3) is 0.218. The second kappa shape index (κ2) is 28.2. The van der Waals surface area contributed by atoms with Gasteiger partial charge in [-0.25, -0.2) is 4.85 Å². The molecule has 0 saturated heterocycles. The Labute approximate surface area is 688 Å². The lowest BCUT2D eigenvalue weighted by molar-refractivity contribution is 0.568. The van der Waals surface area contributed by atoms with Crippen LogP contribution < -0.4 is 26.2 Å². The number of anilines is 6. The van der Waals surface area contributed by atoms with E-state index in [-0.39, 0.29) is 33.8 Å². The highest BCUT2D eigenvalue weighted by atomic mass is 15.2. The topological polar surface area (TPSA) is 39.6 Å². The molecule has 0 fully saturated rings. The van der Waals surface area contributed by atoms with Gasteiger partial charge in [0.05, 0.1) is 40.6 Å². The highest BCUT2D eigenvalue weighted by molar-refractivity contribution is 7.00. The third-order valence-electron chi connectivity index (χ3n) is 24.3. The molecule has 15 aromatic rings. The van der Waals surface area contributed by atoms with Crippen molar-refractivity contribution in [3.05, 3.63) is 342 Å². The van der Waals surface area contributed by atoms with Gasteiger partial charge < -0.3 is 14.4 Å². The summed E-state index contributed by atoms with van der Waals surface area (Å²) in [6.45, 7) is 50.3. The summed E-state index contributed by atoms with van der Waals surface area (Å²) < 4.78 is 2.49. The normalized spacial score (nSPS) is 13.0. The number of para-hydroxylation sites is 2. The van der Waals surface area contributed by atoms with Crippen molar-refractivity contribution < 1.29 is 0 Å². The smallest absolute Gasteiger partial charge is 0.252 e. The van der Waals surface area contributed by atoms with Crippen LogP contribution in [-0.2, 0) is 32.5 Å². The molecule has 3 heterocycles. The minimum atomic E-state index is -0.415. The van der Waals surface area contributed by atoms with Crippen molar-refractivity contribution in [2.75, 3.05) is 9.80 Å². The van der Waals surface area contributed by atoms with Crippen LogP contribution in [0.15, 0.2) is 291 Å². The van der Waals surface area contributed by atoms with Gasteiger partial charge in [-0.15, -0.1) is 0 Å². The van der Waals surface area contributed by atoms with Gasteiger partial charge >= 0.3 is 0 Å². The molecule has 116 heavy (non-hydrogen) atoms. The molecule has 0 amide bonds. The Hall–Kier alpha value is -12.5. The van der Waals surface area contributed by atoms with Crippen molar-refractivity contribution >= 4 is 84.7 Å². The maximum absolute atomic E-state index is 10.7. The van der Waals surface area contributed by atoms with Crippen LogP contribution in [0.25, 0.3) is 110 Å². The van der Waals surface area contributed by atoms with E-state index in [9.17, 15) is 5.26 Å². The first-order valence-corrected chi connectivity index (χ1v) is 41.1. The first-order valence-electron chi connectivity index (χ1n) is 41.1. The number of rotatable bonds is 10. The Morgan fingerprint density at radius 3 is 1.16 bits per heavy atom. The van der Waals surface area contributed by atoms with Crippen LogP contribution >= 0.6 is 0 Å². The van der Waals surface area contributed by atoms with Crippen LogP contribution in [-0.4, -0.2) is 11.3 Å². The molecule has 0 atom stereocenters. The van der Waals surface area contributed by atoms with Gasteiger partial charge in [-0.3, -0.25) is 0 Å². The van der Waals surface area contributed by atoms with Crippen LogP contribution in [0, 0.1) is 17.9 Å². The third kappa shape index (κ3) is 13.7. The summed E-state index contributed by atoms with van der Waals surface area (Å²) >= 11 is 0. The minimum Gasteiger partial charge on any atom is -0.310 e. The van der Waals surface area contributed by atoms with Gasteiger partial charge in [0.2, 0.25) is 0 Å². The van der Waals surface area contributed by atoms with Crippen LogP contribution in [0.2, 0.25) is 0 Å². The Balaban J connectivity index is 1.10. The number of aromatic nitrogens is 1. The summed E-state index contributed by atoms with van der Waals surface area (Å²) in [5.41, 5.74) is 35.5. The molecule has 14 aromatic carbocycles. The van der Waals surface area contributed by atoms with Crippen molar-refractivity contribution in [1.29, 1.82) is 5.26 Å². The second-order valence-corrected chi connectivity index (χ2v) is 38.5. The van der Waals surface area contributed by atoms with E-state index in [0.29, 0.717) is 11.3 Å². The van der Waals surface area contributed by atoms with Crippen molar-refractivity contribution in [3.63, 3.8) is 0 Å². The first-order chi connectivity index (χ1) is 55.2. The monoisotopic (exact) mass is 1500 g/mol. The molecule has 0 aliphatic carbocycles. The highest BCUT2D eigenvalue weighted by Gasteiger charge is 2.47.